The van der Waals surface area contributed by atoms with Gasteiger partial charge in [0.05, 0.1) is 10.6 Å². The molecule has 3 aromatic carbocycles. The molecule has 198 valence electrons. The minimum Gasteiger partial charge on any atom is -0.871 e. The van der Waals surface area contributed by atoms with Crippen molar-refractivity contribution in [3.8, 4) is 5.75 Å². The van der Waals surface area contributed by atoms with Crippen LogP contribution >= 0.6 is 11.6 Å². The van der Waals surface area contributed by atoms with Crippen molar-refractivity contribution in [3.63, 3.8) is 0 Å². The van der Waals surface area contributed by atoms with Crippen molar-refractivity contribution in [1.82, 2.24) is 9.97 Å². The van der Waals surface area contributed by atoms with Gasteiger partial charge >= 0.3 is 65.2 Å². The van der Waals surface area contributed by atoms with E-state index in [1.165, 1.54) is 18.2 Å². The van der Waals surface area contributed by atoms with Crippen LogP contribution in [0.4, 0.5) is 37.3 Å². The minimum absolute atomic E-state index is 0. The molecule has 4 aromatic rings. The zero-order valence-electron chi connectivity index (χ0n) is 20.3. The quantitative estimate of drug-likeness (QED) is 0.0506. The number of hydrogen-bond donors (Lipinski definition) is 3. The predicted octanol–water partition coefficient (Wildman–Crippen LogP) is -2.46. The summed E-state index contributed by atoms with van der Waals surface area (Å²) in [6, 6.07) is 7.57. The Labute approximate surface area is 274 Å². The maximum absolute atomic E-state index is 13.6. The molecule has 4 N–H and O–H groups in total. The van der Waals surface area contributed by atoms with Crippen molar-refractivity contribution in [2.24, 2.45) is 10.2 Å². The molecule has 40 heavy (non-hydrogen) atoms. The van der Waals surface area contributed by atoms with Gasteiger partial charge in [0, 0.05) is 11.4 Å². The Morgan fingerprint density at radius 1 is 0.975 bits per heavy atom. The van der Waals surface area contributed by atoms with Crippen LogP contribution < -0.4 is 75.3 Å². The first kappa shape index (κ1) is 34.2. The van der Waals surface area contributed by atoms with E-state index >= 15 is 0 Å². The van der Waals surface area contributed by atoms with E-state index in [-0.39, 0.29) is 81.3 Å². The van der Waals surface area contributed by atoms with Crippen LogP contribution in [0.1, 0.15) is 0 Å². The van der Waals surface area contributed by atoms with Crippen molar-refractivity contribution in [1.29, 1.82) is 0 Å². The van der Waals surface area contributed by atoms with E-state index in [9.17, 15) is 39.8 Å². The fourth-order valence-corrected chi connectivity index (χ4v) is 4.65. The summed E-state index contributed by atoms with van der Waals surface area (Å²) in [5.74, 6) is -3.02. The number of rotatable bonds is 6. The predicted molar refractivity (Wildman–Crippen MR) is 126 cm³/mol. The van der Waals surface area contributed by atoms with Crippen LogP contribution in [0.3, 0.4) is 0 Å². The third-order valence-corrected chi connectivity index (χ3v) is 6.94. The molecule has 0 radical (unpaired) electrons. The zero-order valence-corrected chi connectivity index (χ0v) is 26.6. The Hall–Kier alpha value is -2.03. The molecule has 0 aliphatic carbocycles. The molecule has 0 bridgehead atoms. The van der Waals surface area contributed by atoms with Gasteiger partial charge in [0.15, 0.2) is 5.82 Å². The summed E-state index contributed by atoms with van der Waals surface area (Å²) in [5.41, 5.74) is 4.05. The number of halogens is 3. The van der Waals surface area contributed by atoms with Gasteiger partial charge in [-0.25, -0.2) is 8.42 Å². The van der Waals surface area contributed by atoms with E-state index in [0.717, 1.165) is 18.2 Å². The van der Waals surface area contributed by atoms with Crippen molar-refractivity contribution < 1.29 is 98.9 Å². The summed E-state index contributed by atoms with van der Waals surface area (Å²) < 4.78 is 96.0. The molecule has 0 spiro atoms. The van der Waals surface area contributed by atoms with Crippen molar-refractivity contribution in [3.05, 3.63) is 59.5 Å². The van der Waals surface area contributed by atoms with Gasteiger partial charge in [-0.2, -0.15) is 27.2 Å². The fourth-order valence-electron chi connectivity index (χ4n) is 3.23. The van der Waals surface area contributed by atoms with Gasteiger partial charge in [-0.1, -0.05) is 23.4 Å². The van der Waals surface area contributed by atoms with E-state index in [4.69, 9.17) is 17.3 Å². The first-order chi connectivity index (χ1) is 17.6. The molecule has 1 aromatic heterocycles. The van der Waals surface area contributed by atoms with E-state index in [0.29, 0.717) is 6.07 Å². The van der Waals surface area contributed by atoms with Crippen LogP contribution in [0.2, 0.25) is 5.02 Å². The van der Waals surface area contributed by atoms with Crippen LogP contribution in [0.5, 0.6) is 5.75 Å². The molecule has 0 unspecified atom stereocenters. The number of nitrogens with two attached hydrogens (primary N) is 1. The van der Waals surface area contributed by atoms with Crippen molar-refractivity contribution in [2.75, 3.05) is 11.1 Å². The second kappa shape index (κ2) is 12.9. The molecule has 0 amide bonds. The fraction of sp³-hybridized carbons (Fsp3) is 0. The first-order valence-electron chi connectivity index (χ1n) is 9.83. The smallest absolute Gasteiger partial charge is 0.871 e. The summed E-state index contributed by atoms with van der Waals surface area (Å²) in [5, 5.41) is 21.6. The number of nitrogen functional groups attached to an aromatic ring is 1. The summed E-state index contributed by atoms with van der Waals surface area (Å²) in [6.07, 6.45) is -1.49. The maximum Gasteiger partial charge on any atom is 1.00 e. The molecule has 0 aliphatic heterocycles. The summed E-state index contributed by atoms with van der Waals surface area (Å²) in [7, 11) is -10.3. The molecule has 0 fully saturated rings. The van der Waals surface area contributed by atoms with Crippen molar-refractivity contribution in [2.45, 2.75) is 9.79 Å². The number of anilines is 3. The molecular formula is C20H11ClF2N6Na2O7S2. The number of nitrogens with one attached hydrogen (secondary N) is 1. The van der Waals surface area contributed by atoms with E-state index in [2.05, 4.69) is 25.5 Å². The number of azo groups is 1. The number of hydrogen-bond acceptors (Lipinski definition) is 12. The topological polar surface area (TPSA) is 223 Å². The molecule has 0 saturated carbocycles. The van der Waals surface area contributed by atoms with Gasteiger partial charge in [-0.3, -0.25) is 4.55 Å². The van der Waals surface area contributed by atoms with Crippen LogP contribution in [0.15, 0.2) is 62.5 Å². The van der Waals surface area contributed by atoms with Crippen LogP contribution in [-0.2, 0) is 20.2 Å². The van der Waals surface area contributed by atoms with Gasteiger partial charge in [-0.15, -0.1) is 10.2 Å². The Morgan fingerprint density at radius 2 is 1.65 bits per heavy atom. The van der Waals surface area contributed by atoms with Crippen LogP contribution in [0, 0.1) is 12.0 Å². The molecule has 20 heteroatoms. The Balaban J connectivity index is 0.00000280. The normalized spacial score (nSPS) is 11.7. The molecule has 0 atom stereocenters. The number of aromatic nitrogens is 2. The molecular weight excluding hydrogens is 620 g/mol. The molecule has 0 saturated heterocycles. The number of fused-ring (bicyclic) bond motifs is 1. The Kier molecular flexibility index (Phi) is 11.0. The van der Waals surface area contributed by atoms with Gasteiger partial charge < -0.3 is 20.7 Å². The van der Waals surface area contributed by atoms with E-state index in [1.807, 2.05) is 0 Å². The van der Waals surface area contributed by atoms with E-state index in [1.54, 1.807) is 0 Å². The number of benzene rings is 3. The van der Waals surface area contributed by atoms with Gasteiger partial charge in [0.1, 0.15) is 25.7 Å². The van der Waals surface area contributed by atoms with Crippen molar-refractivity contribution >= 4 is 71.2 Å². The van der Waals surface area contributed by atoms with Gasteiger partial charge in [-0.05, 0) is 47.2 Å². The average Bonchev–Trinajstić information content (AvgIpc) is 2.81. The Bertz CT molecular complexity index is 1880. The SMILES string of the molecule is Nc1ccc2cc(S(=O)(=O)O)c(N=Nc3ccc(Nc4nc(F)nc(F)c4Cl)cc3S(=O)(=O)[O-])c([O-])c2c1.[Na+].[Na+]. The standard InChI is InChI=1S/C20H13ClF2N6O7S2.2Na/c21-15-18(22)26-20(23)27-19(15)25-10-3-4-12(13(7-10)37(31,32)33)28-29-16-14(38(34,35)36)5-8-1-2-9(24)6-11(8)17(16)30;;/h1-7,30H,24H2,(H,25,26,27)(H,31,32,33)(H,34,35,36);;/q;2*+1/p-2. The van der Waals surface area contributed by atoms with Crippen LogP contribution in [0.25, 0.3) is 10.8 Å². The Morgan fingerprint density at radius 3 is 2.27 bits per heavy atom. The monoisotopic (exact) mass is 630 g/mol. The average molecular weight is 631 g/mol. The number of nitrogens with zero attached hydrogens (tertiary/aromatic N) is 4. The maximum atomic E-state index is 13.6. The molecule has 4 rings (SSSR count). The zero-order chi connectivity index (χ0) is 28.0. The van der Waals surface area contributed by atoms with Gasteiger partial charge in [0.2, 0.25) is 5.95 Å². The third kappa shape index (κ3) is 7.42. The minimum atomic E-state index is -5.29. The molecule has 1 heterocycles. The molecule has 0 aliphatic rings. The van der Waals surface area contributed by atoms with Gasteiger partial charge in [0.25, 0.3) is 10.1 Å². The second-order valence-electron chi connectivity index (χ2n) is 7.42. The van der Waals surface area contributed by atoms with Crippen LogP contribution in [-0.4, -0.2) is 35.9 Å². The third-order valence-electron chi connectivity index (χ3n) is 4.87. The second-order valence-corrected chi connectivity index (χ2v) is 10.5. The summed E-state index contributed by atoms with van der Waals surface area (Å²) in [6.45, 7) is 0. The summed E-state index contributed by atoms with van der Waals surface area (Å²) >= 11 is 5.66. The first-order valence-corrected chi connectivity index (χ1v) is 13.1. The largest absolute Gasteiger partial charge is 1.00 e. The van der Waals surface area contributed by atoms with E-state index < -0.39 is 70.0 Å². The molecule has 13 nitrogen and oxygen atoms in total. The summed E-state index contributed by atoms with van der Waals surface area (Å²) in [4.78, 5) is 4.05.